The van der Waals surface area contributed by atoms with Crippen LogP contribution in [0, 0.1) is 0 Å². The van der Waals surface area contributed by atoms with Crippen LogP contribution in [-0.4, -0.2) is 36.0 Å². The van der Waals surface area contributed by atoms with Crippen molar-refractivity contribution in [1.82, 2.24) is 14.5 Å². The zero-order chi connectivity index (χ0) is 12.2. The Bertz CT molecular complexity index is 427. The normalized spacial score (nSPS) is 13.9. The predicted molar refractivity (Wildman–Crippen MR) is 59.3 cm³/mol. The number of aliphatic hydroxyl groups excluding tert-OH is 1. The van der Waals surface area contributed by atoms with Crippen LogP contribution in [0.25, 0.3) is 0 Å². The molecule has 0 fully saturated rings. The Morgan fingerprint density at radius 1 is 1.62 bits per heavy atom. The van der Waals surface area contributed by atoms with Gasteiger partial charge in [-0.25, -0.2) is 13.1 Å². The first-order valence-electron chi connectivity index (χ1n) is 5.07. The molecule has 1 atom stereocenters. The van der Waals surface area contributed by atoms with Crippen molar-refractivity contribution >= 4 is 10.0 Å². The van der Waals surface area contributed by atoms with Gasteiger partial charge in [-0.3, -0.25) is 4.68 Å². The first-order valence-corrected chi connectivity index (χ1v) is 6.56. The van der Waals surface area contributed by atoms with Gasteiger partial charge in [0.1, 0.15) is 4.90 Å². The summed E-state index contributed by atoms with van der Waals surface area (Å²) in [6, 6.07) is -0.197. The number of hydrogen-bond donors (Lipinski definition) is 2. The van der Waals surface area contributed by atoms with E-state index in [9.17, 15) is 8.42 Å². The molecule has 1 rings (SSSR count). The summed E-state index contributed by atoms with van der Waals surface area (Å²) in [5.74, 6) is 0. The number of nitrogens with one attached hydrogen (secondary N) is 1. The highest BCUT2D eigenvalue weighted by molar-refractivity contribution is 7.89. The number of hydrogen-bond acceptors (Lipinski definition) is 4. The number of aromatic nitrogens is 2. The van der Waals surface area contributed by atoms with Crippen molar-refractivity contribution in [2.24, 2.45) is 7.05 Å². The Hall–Kier alpha value is -0.920. The summed E-state index contributed by atoms with van der Waals surface area (Å²) in [6.07, 6.45) is 3.94. The molecule has 1 aromatic heterocycles. The number of rotatable bonds is 6. The van der Waals surface area contributed by atoms with E-state index in [1.165, 1.54) is 17.1 Å². The zero-order valence-corrected chi connectivity index (χ0v) is 10.2. The topological polar surface area (TPSA) is 84.2 Å². The van der Waals surface area contributed by atoms with Crippen LogP contribution in [0.1, 0.15) is 19.8 Å². The van der Waals surface area contributed by atoms with Gasteiger partial charge in [0.25, 0.3) is 0 Å². The maximum atomic E-state index is 11.8. The lowest BCUT2D eigenvalue weighted by Crippen LogP contribution is -2.32. The molecule has 0 aromatic carbocycles. The van der Waals surface area contributed by atoms with E-state index in [1.807, 2.05) is 0 Å². The van der Waals surface area contributed by atoms with Crippen LogP contribution >= 0.6 is 0 Å². The largest absolute Gasteiger partial charge is 0.396 e. The molecule has 0 aliphatic carbocycles. The second-order valence-corrected chi connectivity index (χ2v) is 5.45. The van der Waals surface area contributed by atoms with Gasteiger partial charge >= 0.3 is 0 Å². The van der Waals surface area contributed by atoms with E-state index in [0.29, 0.717) is 12.8 Å². The molecule has 6 nitrogen and oxygen atoms in total. The average Bonchev–Trinajstić information content (AvgIpc) is 2.62. The molecule has 1 aromatic rings. The minimum Gasteiger partial charge on any atom is -0.396 e. The lowest BCUT2D eigenvalue weighted by Gasteiger charge is -2.12. The summed E-state index contributed by atoms with van der Waals surface area (Å²) in [5, 5.41) is 12.5. The third-order valence-electron chi connectivity index (χ3n) is 2.14. The van der Waals surface area contributed by atoms with Crippen LogP contribution in [0.4, 0.5) is 0 Å². The summed E-state index contributed by atoms with van der Waals surface area (Å²) >= 11 is 0. The fraction of sp³-hybridized carbons (Fsp3) is 0.667. The van der Waals surface area contributed by atoms with E-state index < -0.39 is 10.0 Å². The van der Waals surface area contributed by atoms with Crippen molar-refractivity contribution in [2.45, 2.75) is 30.7 Å². The second kappa shape index (κ2) is 5.42. The van der Waals surface area contributed by atoms with Crippen LogP contribution in [0.5, 0.6) is 0 Å². The Kier molecular flexibility index (Phi) is 4.45. The van der Waals surface area contributed by atoms with Crippen molar-refractivity contribution < 1.29 is 13.5 Å². The summed E-state index contributed by atoms with van der Waals surface area (Å²) < 4.78 is 27.6. The molecule has 16 heavy (non-hydrogen) atoms. The fourth-order valence-corrected chi connectivity index (χ4v) is 2.59. The van der Waals surface area contributed by atoms with Gasteiger partial charge in [-0.1, -0.05) is 0 Å². The standard InChI is InChI=1S/C9H17N3O3S/c1-8(4-3-5-13)11-16(14,15)9-6-10-12(2)7-9/h6-8,11,13H,3-5H2,1-2H3. The maximum Gasteiger partial charge on any atom is 0.243 e. The molecule has 0 bridgehead atoms. The second-order valence-electron chi connectivity index (χ2n) is 3.74. The van der Waals surface area contributed by atoms with Crippen molar-refractivity contribution in [3.8, 4) is 0 Å². The van der Waals surface area contributed by atoms with Gasteiger partial charge in [0, 0.05) is 25.9 Å². The molecule has 2 N–H and O–H groups in total. The summed E-state index contributed by atoms with van der Waals surface area (Å²) in [4.78, 5) is 0.158. The maximum absolute atomic E-state index is 11.8. The van der Waals surface area contributed by atoms with Crippen molar-refractivity contribution in [2.75, 3.05) is 6.61 Å². The Morgan fingerprint density at radius 3 is 2.81 bits per heavy atom. The van der Waals surface area contributed by atoms with Crippen LogP contribution < -0.4 is 4.72 Å². The zero-order valence-electron chi connectivity index (χ0n) is 9.42. The molecule has 0 radical (unpaired) electrons. The van der Waals surface area contributed by atoms with Gasteiger partial charge in [-0.15, -0.1) is 0 Å². The molecular formula is C9H17N3O3S. The van der Waals surface area contributed by atoms with Crippen molar-refractivity contribution in [3.63, 3.8) is 0 Å². The fourth-order valence-electron chi connectivity index (χ4n) is 1.33. The van der Waals surface area contributed by atoms with Gasteiger partial charge in [-0.05, 0) is 19.8 Å². The van der Waals surface area contributed by atoms with E-state index in [-0.39, 0.29) is 17.5 Å². The smallest absolute Gasteiger partial charge is 0.243 e. The SMILES string of the molecule is CC(CCCO)NS(=O)(=O)c1cnn(C)c1. The Balaban J connectivity index is 2.65. The minimum atomic E-state index is -3.48. The van der Waals surface area contributed by atoms with Crippen LogP contribution in [0.2, 0.25) is 0 Å². The van der Waals surface area contributed by atoms with E-state index in [4.69, 9.17) is 5.11 Å². The average molecular weight is 247 g/mol. The van der Waals surface area contributed by atoms with Crippen LogP contribution in [0.15, 0.2) is 17.3 Å². The lowest BCUT2D eigenvalue weighted by molar-refractivity contribution is 0.279. The number of aryl methyl sites for hydroxylation is 1. The molecule has 0 saturated heterocycles. The lowest BCUT2D eigenvalue weighted by atomic mass is 10.2. The molecular weight excluding hydrogens is 230 g/mol. The monoisotopic (exact) mass is 247 g/mol. The first-order chi connectivity index (χ1) is 7.45. The van der Waals surface area contributed by atoms with Crippen LogP contribution in [0.3, 0.4) is 0 Å². The van der Waals surface area contributed by atoms with E-state index in [0.717, 1.165) is 0 Å². The van der Waals surface area contributed by atoms with Crippen molar-refractivity contribution in [1.29, 1.82) is 0 Å². The van der Waals surface area contributed by atoms with Gasteiger partial charge in [0.15, 0.2) is 0 Å². The highest BCUT2D eigenvalue weighted by atomic mass is 32.2. The third-order valence-corrected chi connectivity index (χ3v) is 3.69. The van der Waals surface area contributed by atoms with Gasteiger partial charge < -0.3 is 5.11 Å². The molecule has 1 heterocycles. The molecule has 1 unspecified atom stereocenters. The van der Waals surface area contributed by atoms with Crippen molar-refractivity contribution in [3.05, 3.63) is 12.4 Å². The number of nitrogens with zero attached hydrogens (tertiary/aromatic N) is 2. The van der Waals surface area contributed by atoms with Crippen LogP contribution in [-0.2, 0) is 17.1 Å². The molecule has 0 aliphatic rings. The third kappa shape index (κ3) is 3.58. The quantitative estimate of drug-likeness (QED) is 0.732. The Morgan fingerprint density at radius 2 is 2.31 bits per heavy atom. The molecule has 92 valence electrons. The molecule has 7 heteroatoms. The van der Waals surface area contributed by atoms with Gasteiger partial charge in [-0.2, -0.15) is 5.10 Å². The molecule has 0 aliphatic heterocycles. The highest BCUT2D eigenvalue weighted by Gasteiger charge is 2.18. The summed E-state index contributed by atoms with van der Waals surface area (Å²) in [7, 11) is -1.82. The molecule has 0 amide bonds. The minimum absolute atomic E-state index is 0.0684. The first kappa shape index (κ1) is 13.1. The molecule has 0 saturated carbocycles. The summed E-state index contributed by atoms with van der Waals surface area (Å²) in [5.41, 5.74) is 0. The number of aliphatic hydroxyl groups is 1. The highest BCUT2D eigenvalue weighted by Crippen LogP contribution is 2.08. The van der Waals surface area contributed by atoms with E-state index >= 15 is 0 Å². The van der Waals surface area contributed by atoms with E-state index in [2.05, 4.69) is 9.82 Å². The summed E-state index contributed by atoms with van der Waals surface area (Å²) in [6.45, 7) is 1.84. The van der Waals surface area contributed by atoms with Gasteiger partial charge in [0.05, 0.1) is 6.20 Å². The van der Waals surface area contributed by atoms with E-state index in [1.54, 1.807) is 14.0 Å². The van der Waals surface area contributed by atoms with Gasteiger partial charge in [0.2, 0.25) is 10.0 Å². The number of sulfonamides is 1. The predicted octanol–water partition coefficient (Wildman–Crippen LogP) is -0.141. The Labute approximate surface area is 95.3 Å². The molecule has 0 spiro atoms.